The first kappa shape index (κ1) is 20.6. The Balaban J connectivity index is 2.07. The Morgan fingerprint density at radius 3 is 2.33 bits per heavy atom. The Kier molecular flexibility index (Phi) is 5.40. The summed E-state index contributed by atoms with van der Waals surface area (Å²) >= 11 is 7.60. The lowest BCUT2D eigenvalue weighted by Gasteiger charge is -2.14. The lowest BCUT2D eigenvalue weighted by molar-refractivity contribution is 0.416. The number of hydrogen-bond donors (Lipinski definition) is 0. The SMILES string of the molecule is COc1cc(Cl)ccc1-c1c(-c2ccc(S(C)(=O)=O)cc2)sc2ccccc2c1=O. The molecule has 1 aromatic heterocycles. The minimum atomic E-state index is -3.32. The van der Waals surface area contributed by atoms with Crippen LogP contribution in [0.5, 0.6) is 5.75 Å². The standard InChI is InChI=1S/C23H17ClO4S2/c1-28-19-13-15(24)9-12-17(19)21-22(25)18-5-3-4-6-20(18)29-23(21)14-7-10-16(11-8-14)30(2,26)27/h3-13H,1-2H3. The second-order valence-corrected chi connectivity index (χ2v) is 10.3. The zero-order valence-electron chi connectivity index (χ0n) is 16.2. The highest BCUT2D eigenvalue weighted by molar-refractivity contribution is 7.90. The Bertz CT molecular complexity index is 1420. The molecule has 0 amide bonds. The van der Waals surface area contributed by atoms with Crippen molar-refractivity contribution >= 4 is 42.9 Å². The van der Waals surface area contributed by atoms with Gasteiger partial charge in [-0.25, -0.2) is 8.42 Å². The van der Waals surface area contributed by atoms with Gasteiger partial charge in [0.1, 0.15) is 5.75 Å². The van der Waals surface area contributed by atoms with Crippen LogP contribution in [0.15, 0.2) is 76.4 Å². The smallest absolute Gasteiger partial charge is 0.196 e. The van der Waals surface area contributed by atoms with Crippen LogP contribution in [0.25, 0.3) is 31.7 Å². The van der Waals surface area contributed by atoms with Crippen LogP contribution in [0.3, 0.4) is 0 Å². The molecule has 0 aliphatic carbocycles. The van der Waals surface area contributed by atoms with Gasteiger partial charge in [-0.05, 0) is 48.0 Å². The molecule has 0 atom stereocenters. The monoisotopic (exact) mass is 456 g/mol. The van der Waals surface area contributed by atoms with Gasteiger partial charge in [-0.15, -0.1) is 11.3 Å². The van der Waals surface area contributed by atoms with Crippen LogP contribution in [-0.4, -0.2) is 21.8 Å². The van der Waals surface area contributed by atoms with E-state index < -0.39 is 9.84 Å². The molecule has 7 heteroatoms. The molecule has 0 radical (unpaired) electrons. The summed E-state index contributed by atoms with van der Waals surface area (Å²) in [4.78, 5) is 14.5. The minimum absolute atomic E-state index is 0.118. The largest absolute Gasteiger partial charge is 0.496 e. The topological polar surface area (TPSA) is 60.4 Å². The molecule has 30 heavy (non-hydrogen) atoms. The maximum Gasteiger partial charge on any atom is 0.196 e. The number of methoxy groups -OCH3 is 1. The minimum Gasteiger partial charge on any atom is -0.496 e. The van der Waals surface area contributed by atoms with E-state index in [9.17, 15) is 13.2 Å². The van der Waals surface area contributed by atoms with Crippen molar-refractivity contribution in [2.45, 2.75) is 4.90 Å². The molecule has 4 rings (SSSR count). The van der Waals surface area contributed by atoms with E-state index >= 15 is 0 Å². The highest BCUT2D eigenvalue weighted by Gasteiger charge is 2.20. The van der Waals surface area contributed by atoms with Crippen LogP contribution in [0.1, 0.15) is 0 Å². The first-order valence-electron chi connectivity index (χ1n) is 9.00. The summed E-state index contributed by atoms with van der Waals surface area (Å²) in [6.45, 7) is 0. The van der Waals surface area contributed by atoms with Crippen LogP contribution < -0.4 is 10.2 Å². The average molecular weight is 457 g/mol. The maximum atomic E-state index is 13.5. The van der Waals surface area contributed by atoms with E-state index in [0.717, 1.165) is 15.1 Å². The van der Waals surface area contributed by atoms with Crippen LogP contribution in [0.2, 0.25) is 5.02 Å². The fraction of sp³-hybridized carbons (Fsp3) is 0.0870. The second-order valence-electron chi connectivity index (χ2n) is 6.77. The number of sulfone groups is 1. The molecule has 4 aromatic rings. The summed E-state index contributed by atoms with van der Waals surface area (Å²) in [5.74, 6) is 0.496. The van der Waals surface area contributed by atoms with Crippen LogP contribution >= 0.6 is 22.9 Å². The molecule has 0 aliphatic rings. The van der Waals surface area contributed by atoms with Crippen molar-refractivity contribution < 1.29 is 13.2 Å². The fourth-order valence-corrected chi connectivity index (χ4v) is 5.30. The zero-order valence-corrected chi connectivity index (χ0v) is 18.6. The van der Waals surface area contributed by atoms with E-state index in [0.29, 0.717) is 27.3 Å². The van der Waals surface area contributed by atoms with Gasteiger partial charge in [0, 0.05) is 31.8 Å². The average Bonchev–Trinajstić information content (AvgIpc) is 2.73. The summed E-state index contributed by atoms with van der Waals surface area (Å²) in [5.41, 5.74) is 1.77. The summed E-state index contributed by atoms with van der Waals surface area (Å²) in [6.07, 6.45) is 1.17. The van der Waals surface area contributed by atoms with Gasteiger partial charge in [0.2, 0.25) is 0 Å². The van der Waals surface area contributed by atoms with E-state index in [1.807, 2.05) is 18.2 Å². The van der Waals surface area contributed by atoms with Crippen molar-refractivity contribution in [3.8, 4) is 27.3 Å². The molecule has 0 saturated carbocycles. The van der Waals surface area contributed by atoms with E-state index in [1.165, 1.54) is 24.7 Å². The van der Waals surface area contributed by atoms with Crippen molar-refractivity contribution in [1.29, 1.82) is 0 Å². The third kappa shape index (κ3) is 3.74. The molecule has 0 unspecified atom stereocenters. The van der Waals surface area contributed by atoms with E-state index in [4.69, 9.17) is 16.3 Å². The normalized spacial score (nSPS) is 11.6. The Labute approximate surface area is 183 Å². The lowest BCUT2D eigenvalue weighted by Crippen LogP contribution is -2.07. The van der Waals surface area contributed by atoms with Gasteiger partial charge in [-0.2, -0.15) is 0 Å². The summed E-state index contributed by atoms with van der Waals surface area (Å²) < 4.78 is 30.0. The van der Waals surface area contributed by atoms with Gasteiger partial charge < -0.3 is 4.74 Å². The number of benzene rings is 3. The Morgan fingerprint density at radius 1 is 0.967 bits per heavy atom. The van der Waals surface area contributed by atoms with Gasteiger partial charge in [0.05, 0.1) is 17.6 Å². The number of fused-ring (bicyclic) bond motifs is 1. The van der Waals surface area contributed by atoms with Gasteiger partial charge in [-0.3, -0.25) is 4.79 Å². The van der Waals surface area contributed by atoms with E-state index in [-0.39, 0.29) is 10.3 Å². The molecule has 152 valence electrons. The van der Waals surface area contributed by atoms with Gasteiger partial charge in [-0.1, -0.05) is 35.9 Å². The quantitative estimate of drug-likeness (QED) is 0.397. The van der Waals surface area contributed by atoms with E-state index in [2.05, 4.69) is 0 Å². The molecular weight excluding hydrogens is 440 g/mol. The Morgan fingerprint density at radius 2 is 1.67 bits per heavy atom. The summed E-state index contributed by atoms with van der Waals surface area (Å²) in [6, 6.07) is 19.1. The number of hydrogen-bond acceptors (Lipinski definition) is 5. The van der Waals surface area contributed by atoms with Crippen molar-refractivity contribution in [3.05, 3.63) is 82.0 Å². The summed E-state index contributed by atoms with van der Waals surface area (Å²) in [5, 5.41) is 1.12. The highest BCUT2D eigenvalue weighted by Crippen LogP contribution is 2.41. The van der Waals surface area contributed by atoms with Gasteiger partial charge in [0.25, 0.3) is 0 Å². The Hall–Kier alpha value is -2.67. The van der Waals surface area contributed by atoms with Crippen LogP contribution in [-0.2, 0) is 9.84 Å². The van der Waals surface area contributed by atoms with E-state index in [1.54, 1.807) is 48.5 Å². The molecule has 0 N–H and O–H groups in total. The molecular formula is C23H17ClO4S2. The van der Waals surface area contributed by atoms with Crippen molar-refractivity contribution in [2.75, 3.05) is 13.4 Å². The summed E-state index contributed by atoms with van der Waals surface area (Å²) in [7, 11) is -1.78. The predicted octanol–water partition coefficient (Wildman–Crippen LogP) is 5.66. The van der Waals surface area contributed by atoms with Crippen molar-refractivity contribution in [1.82, 2.24) is 0 Å². The van der Waals surface area contributed by atoms with Gasteiger partial charge >= 0.3 is 0 Å². The highest BCUT2D eigenvalue weighted by atomic mass is 35.5. The lowest BCUT2D eigenvalue weighted by atomic mass is 9.99. The zero-order chi connectivity index (χ0) is 21.5. The molecule has 0 fully saturated rings. The molecule has 0 bridgehead atoms. The van der Waals surface area contributed by atoms with Crippen LogP contribution in [0, 0.1) is 0 Å². The third-order valence-corrected chi connectivity index (χ3v) is 7.36. The van der Waals surface area contributed by atoms with Crippen LogP contribution in [0.4, 0.5) is 0 Å². The first-order valence-corrected chi connectivity index (χ1v) is 12.1. The molecule has 0 aliphatic heterocycles. The second kappa shape index (κ2) is 7.87. The number of halogens is 1. The number of ether oxygens (including phenoxy) is 1. The first-order chi connectivity index (χ1) is 14.3. The molecule has 0 spiro atoms. The molecule has 1 heterocycles. The fourth-order valence-electron chi connectivity index (χ4n) is 3.31. The van der Waals surface area contributed by atoms with Gasteiger partial charge in [0.15, 0.2) is 15.3 Å². The molecule has 0 saturated heterocycles. The van der Waals surface area contributed by atoms with Crippen molar-refractivity contribution in [2.24, 2.45) is 0 Å². The number of rotatable bonds is 4. The third-order valence-electron chi connectivity index (χ3n) is 4.78. The predicted molar refractivity (Wildman–Crippen MR) is 124 cm³/mol. The van der Waals surface area contributed by atoms with Crippen molar-refractivity contribution in [3.63, 3.8) is 0 Å². The molecule has 4 nitrogen and oxygen atoms in total. The maximum absolute atomic E-state index is 13.5. The molecule has 3 aromatic carbocycles.